The minimum atomic E-state index is -0.818. The third-order valence-electron chi connectivity index (χ3n) is 3.24. The smallest absolute Gasteiger partial charge is 0.122 e. The maximum absolute atomic E-state index is 10.5. The molecule has 1 N–H and O–H groups in total. The van der Waals surface area contributed by atoms with Gasteiger partial charge in [0, 0.05) is 13.0 Å². The van der Waals surface area contributed by atoms with Gasteiger partial charge in [-0.1, -0.05) is 0 Å². The number of hydrogen-bond acceptors (Lipinski definition) is 3. The number of benzene rings is 1. The lowest BCUT2D eigenvalue weighted by atomic mass is 9.88. The Balaban J connectivity index is 2.45. The van der Waals surface area contributed by atoms with Crippen molar-refractivity contribution in [3.05, 3.63) is 28.8 Å². The maximum atomic E-state index is 10.5. The van der Waals surface area contributed by atoms with Crippen LogP contribution in [-0.2, 0) is 10.3 Å². The van der Waals surface area contributed by atoms with Crippen LogP contribution < -0.4 is 4.74 Å². The van der Waals surface area contributed by atoms with Crippen molar-refractivity contribution in [3.63, 3.8) is 0 Å². The van der Waals surface area contributed by atoms with E-state index in [0.717, 1.165) is 22.4 Å². The van der Waals surface area contributed by atoms with Gasteiger partial charge in [-0.05, 0) is 42.7 Å². The summed E-state index contributed by atoms with van der Waals surface area (Å²) >= 11 is 0. The number of aliphatic hydroxyl groups is 1. The van der Waals surface area contributed by atoms with E-state index in [1.807, 2.05) is 26.0 Å². The Morgan fingerprint density at radius 3 is 2.62 bits per heavy atom. The fraction of sp³-hybridized carbons (Fsp3) is 0.538. The Morgan fingerprint density at radius 2 is 2.06 bits per heavy atom. The second kappa shape index (κ2) is 4.07. The summed E-state index contributed by atoms with van der Waals surface area (Å²) in [5.74, 6) is 0.865. The molecule has 88 valence electrons. The van der Waals surface area contributed by atoms with Gasteiger partial charge in [0.2, 0.25) is 0 Å². The Labute approximate surface area is 96.0 Å². The minimum Gasteiger partial charge on any atom is -0.496 e. The van der Waals surface area contributed by atoms with Crippen LogP contribution in [0.3, 0.4) is 0 Å². The van der Waals surface area contributed by atoms with E-state index in [-0.39, 0.29) is 0 Å². The molecule has 16 heavy (non-hydrogen) atoms. The van der Waals surface area contributed by atoms with Crippen molar-refractivity contribution in [2.75, 3.05) is 20.3 Å². The summed E-state index contributed by atoms with van der Waals surface area (Å²) in [6.45, 7) is 5.00. The molecule has 1 aromatic rings. The Bertz CT molecular complexity index is 392. The van der Waals surface area contributed by atoms with E-state index in [2.05, 4.69) is 0 Å². The molecule has 1 heterocycles. The molecule has 1 aliphatic rings. The molecule has 3 nitrogen and oxygen atoms in total. The predicted octanol–water partition coefficient (Wildman–Crippen LogP) is 1.92. The van der Waals surface area contributed by atoms with Gasteiger partial charge < -0.3 is 14.6 Å². The summed E-state index contributed by atoms with van der Waals surface area (Å²) in [5, 5.41) is 10.5. The van der Waals surface area contributed by atoms with Crippen molar-refractivity contribution in [1.82, 2.24) is 0 Å². The van der Waals surface area contributed by atoms with Gasteiger partial charge in [0.25, 0.3) is 0 Å². The standard InChI is InChI=1S/C13H18O3/c1-9-7-12(15-3)10(2)6-11(9)13(14)4-5-16-8-13/h6-7,14H,4-5,8H2,1-3H3. The molecule has 1 fully saturated rings. The summed E-state index contributed by atoms with van der Waals surface area (Å²) < 4.78 is 10.5. The van der Waals surface area contributed by atoms with E-state index in [1.54, 1.807) is 7.11 Å². The highest BCUT2D eigenvalue weighted by Crippen LogP contribution is 2.35. The van der Waals surface area contributed by atoms with Crippen LogP contribution in [0.4, 0.5) is 0 Å². The fourth-order valence-electron chi connectivity index (χ4n) is 2.28. The normalized spacial score (nSPS) is 24.8. The lowest BCUT2D eigenvalue weighted by molar-refractivity contribution is 0.0226. The number of ether oxygens (including phenoxy) is 2. The van der Waals surface area contributed by atoms with Crippen molar-refractivity contribution < 1.29 is 14.6 Å². The van der Waals surface area contributed by atoms with Gasteiger partial charge in [0.05, 0.1) is 13.7 Å². The summed E-state index contributed by atoms with van der Waals surface area (Å²) in [6.07, 6.45) is 0.666. The van der Waals surface area contributed by atoms with E-state index >= 15 is 0 Å². The molecule has 0 aromatic heterocycles. The molecule has 0 bridgehead atoms. The van der Waals surface area contributed by atoms with Crippen LogP contribution in [0.1, 0.15) is 23.1 Å². The van der Waals surface area contributed by atoms with Gasteiger partial charge in [-0.2, -0.15) is 0 Å². The zero-order valence-electron chi connectivity index (χ0n) is 10.0. The number of rotatable bonds is 2. The average Bonchev–Trinajstić information content (AvgIpc) is 2.69. The van der Waals surface area contributed by atoms with Crippen molar-refractivity contribution in [1.29, 1.82) is 0 Å². The topological polar surface area (TPSA) is 38.7 Å². The Kier molecular flexibility index (Phi) is 2.91. The van der Waals surface area contributed by atoms with Gasteiger partial charge in [-0.25, -0.2) is 0 Å². The maximum Gasteiger partial charge on any atom is 0.122 e. The molecule has 1 unspecified atom stereocenters. The lowest BCUT2D eigenvalue weighted by Crippen LogP contribution is -2.26. The summed E-state index contributed by atoms with van der Waals surface area (Å²) in [5.41, 5.74) is 2.24. The molecule has 0 radical (unpaired) electrons. The van der Waals surface area contributed by atoms with Gasteiger partial charge >= 0.3 is 0 Å². The Hall–Kier alpha value is -1.06. The van der Waals surface area contributed by atoms with E-state index < -0.39 is 5.60 Å². The van der Waals surface area contributed by atoms with Crippen LogP contribution in [0.25, 0.3) is 0 Å². The lowest BCUT2D eigenvalue weighted by Gasteiger charge is -2.24. The van der Waals surface area contributed by atoms with Crippen molar-refractivity contribution >= 4 is 0 Å². The number of methoxy groups -OCH3 is 1. The summed E-state index contributed by atoms with van der Waals surface area (Å²) in [7, 11) is 1.66. The largest absolute Gasteiger partial charge is 0.496 e. The third kappa shape index (κ3) is 1.81. The second-order valence-corrected chi connectivity index (χ2v) is 4.47. The molecule has 0 amide bonds. The molecule has 1 aromatic carbocycles. The molecule has 1 aliphatic heterocycles. The first-order chi connectivity index (χ1) is 7.57. The summed E-state index contributed by atoms with van der Waals surface area (Å²) in [6, 6.07) is 3.98. The SMILES string of the molecule is COc1cc(C)c(C2(O)CCOC2)cc1C. The van der Waals surface area contributed by atoms with Gasteiger partial charge in [0.1, 0.15) is 11.4 Å². The first kappa shape index (κ1) is 11.4. The molecule has 0 aliphatic carbocycles. The average molecular weight is 222 g/mol. The predicted molar refractivity (Wildman–Crippen MR) is 61.8 cm³/mol. The fourth-order valence-corrected chi connectivity index (χ4v) is 2.28. The number of hydrogen-bond donors (Lipinski definition) is 1. The highest BCUT2D eigenvalue weighted by atomic mass is 16.5. The van der Waals surface area contributed by atoms with Crippen LogP contribution in [0.15, 0.2) is 12.1 Å². The molecule has 2 rings (SSSR count). The first-order valence-electron chi connectivity index (χ1n) is 5.53. The summed E-state index contributed by atoms with van der Waals surface area (Å²) in [4.78, 5) is 0. The number of aryl methyl sites for hydroxylation is 2. The Morgan fingerprint density at radius 1 is 1.31 bits per heavy atom. The highest BCUT2D eigenvalue weighted by molar-refractivity contribution is 5.44. The van der Waals surface area contributed by atoms with E-state index in [0.29, 0.717) is 19.6 Å². The first-order valence-corrected chi connectivity index (χ1v) is 5.53. The van der Waals surface area contributed by atoms with Gasteiger partial charge in [0.15, 0.2) is 0 Å². The molecule has 1 atom stereocenters. The minimum absolute atomic E-state index is 0.389. The molecular formula is C13H18O3. The van der Waals surface area contributed by atoms with Crippen LogP contribution in [0.2, 0.25) is 0 Å². The van der Waals surface area contributed by atoms with Crippen LogP contribution in [-0.4, -0.2) is 25.4 Å². The molecule has 3 heteroatoms. The van der Waals surface area contributed by atoms with Gasteiger partial charge in [-0.3, -0.25) is 0 Å². The van der Waals surface area contributed by atoms with E-state index in [1.165, 1.54) is 0 Å². The quantitative estimate of drug-likeness (QED) is 0.831. The molecule has 1 saturated heterocycles. The van der Waals surface area contributed by atoms with Crippen molar-refractivity contribution in [3.8, 4) is 5.75 Å². The molecule has 0 saturated carbocycles. The van der Waals surface area contributed by atoms with Crippen molar-refractivity contribution in [2.45, 2.75) is 25.9 Å². The molecule has 0 spiro atoms. The van der Waals surface area contributed by atoms with Crippen LogP contribution in [0, 0.1) is 13.8 Å². The monoisotopic (exact) mass is 222 g/mol. The van der Waals surface area contributed by atoms with E-state index in [9.17, 15) is 5.11 Å². The van der Waals surface area contributed by atoms with E-state index in [4.69, 9.17) is 9.47 Å². The zero-order chi connectivity index (χ0) is 11.8. The van der Waals surface area contributed by atoms with Crippen LogP contribution in [0.5, 0.6) is 5.75 Å². The van der Waals surface area contributed by atoms with Gasteiger partial charge in [-0.15, -0.1) is 0 Å². The second-order valence-electron chi connectivity index (χ2n) is 4.47. The van der Waals surface area contributed by atoms with Crippen molar-refractivity contribution in [2.24, 2.45) is 0 Å². The highest BCUT2D eigenvalue weighted by Gasteiger charge is 2.35. The van der Waals surface area contributed by atoms with Crippen LogP contribution >= 0.6 is 0 Å². The zero-order valence-corrected chi connectivity index (χ0v) is 10.0. The third-order valence-corrected chi connectivity index (χ3v) is 3.24. The molecular weight excluding hydrogens is 204 g/mol.